The molecule has 0 radical (unpaired) electrons. The van der Waals surface area contributed by atoms with Crippen LogP contribution in [0.5, 0.6) is 0 Å². The lowest BCUT2D eigenvalue weighted by molar-refractivity contribution is -0.113. The zero-order valence-corrected chi connectivity index (χ0v) is 15.0. The van der Waals surface area contributed by atoms with Crippen molar-refractivity contribution in [3.63, 3.8) is 0 Å². The topological polar surface area (TPSA) is 67.2 Å². The molecule has 134 valence electrons. The number of anilines is 1. The number of carbonyl (C=O) groups excluding carboxylic acids is 2. The molecule has 0 unspecified atom stereocenters. The summed E-state index contributed by atoms with van der Waals surface area (Å²) in [6, 6.07) is 14.3. The minimum Gasteiger partial charge on any atom is -0.316 e. The van der Waals surface area contributed by atoms with Gasteiger partial charge in [-0.15, -0.1) is 0 Å². The smallest absolute Gasteiger partial charge is 0.316 e. The van der Waals surface area contributed by atoms with E-state index in [1.165, 1.54) is 0 Å². The van der Waals surface area contributed by atoms with Gasteiger partial charge in [-0.1, -0.05) is 18.2 Å². The van der Waals surface area contributed by atoms with Crippen molar-refractivity contribution in [2.24, 2.45) is 0 Å². The molecular weight excluding hydrogens is 340 g/mol. The lowest BCUT2D eigenvalue weighted by Crippen LogP contribution is -2.30. The summed E-state index contributed by atoms with van der Waals surface area (Å²) in [5, 5.41) is 2.67. The van der Waals surface area contributed by atoms with Crippen LogP contribution in [0, 0.1) is 13.8 Å². The molecule has 2 aromatic heterocycles. The van der Waals surface area contributed by atoms with Gasteiger partial charge < -0.3 is 9.88 Å². The largest absolute Gasteiger partial charge is 0.333 e. The van der Waals surface area contributed by atoms with E-state index in [9.17, 15) is 9.59 Å². The summed E-state index contributed by atoms with van der Waals surface area (Å²) in [6.45, 7) is 3.97. The first-order valence-electron chi connectivity index (χ1n) is 8.58. The highest BCUT2D eigenvalue weighted by Gasteiger charge is 2.34. The maximum Gasteiger partial charge on any atom is 0.333 e. The number of nitrogens with one attached hydrogen (secondary N) is 1. The molecule has 0 spiro atoms. The molecule has 1 N–H and O–H groups in total. The Hall–Kier alpha value is -3.67. The van der Waals surface area contributed by atoms with Crippen molar-refractivity contribution in [3.8, 4) is 5.69 Å². The Labute approximate surface area is 156 Å². The molecule has 1 aromatic carbocycles. The second kappa shape index (κ2) is 6.57. The second-order valence-corrected chi connectivity index (χ2v) is 6.34. The molecule has 3 aromatic rings. The Kier molecular flexibility index (Phi) is 4.08. The third kappa shape index (κ3) is 2.91. The van der Waals surface area contributed by atoms with Gasteiger partial charge in [-0.05, 0) is 55.8 Å². The quantitative estimate of drug-likeness (QED) is 0.575. The number of rotatable bonds is 3. The van der Waals surface area contributed by atoms with Gasteiger partial charge in [0.25, 0.3) is 5.91 Å². The maximum absolute atomic E-state index is 12.8. The van der Waals surface area contributed by atoms with Crippen LogP contribution in [0.1, 0.15) is 17.0 Å². The molecule has 0 saturated carbocycles. The first-order chi connectivity index (χ1) is 13.1. The molecule has 0 aliphatic carbocycles. The number of hydrogen-bond acceptors (Lipinski definition) is 3. The molecule has 0 atom stereocenters. The Morgan fingerprint density at radius 2 is 1.74 bits per heavy atom. The van der Waals surface area contributed by atoms with Gasteiger partial charge in [-0.3, -0.25) is 9.78 Å². The Morgan fingerprint density at radius 3 is 2.44 bits per heavy atom. The van der Waals surface area contributed by atoms with Crippen LogP contribution < -0.4 is 10.2 Å². The van der Waals surface area contributed by atoms with Gasteiger partial charge in [0, 0.05) is 17.6 Å². The molecule has 1 fully saturated rings. The van der Waals surface area contributed by atoms with E-state index < -0.39 is 6.03 Å². The third-order valence-corrected chi connectivity index (χ3v) is 4.57. The summed E-state index contributed by atoms with van der Waals surface area (Å²) in [6.07, 6.45) is 5.24. The van der Waals surface area contributed by atoms with Crippen LogP contribution in [0.25, 0.3) is 11.8 Å². The second-order valence-electron chi connectivity index (χ2n) is 6.34. The standard InChI is InChI=1S/C21H18N4O2/c1-14-11-16(15(2)24(14)18-9-6-10-22-13-18)12-19-20(26)25(21(27)23-19)17-7-4-3-5-8-17/h3-13H,1-2H3,(H,23,27)/b19-12-. The van der Waals surface area contributed by atoms with Gasteiger partial charge >= 0.3 is 6.03 Å². The molecule has 6 heteroatoms. The van der Waals surface area contributed by atoms with E-state index >= 15 is 0 Å². The summed E-state index contributed by atoms with van der Waals surface area (Å²) in [5.74, 6) is -0.364. The lowest BCUT2D eigenvalue weighted by atomic mass is 10.2. The first-order valence-corrected chi connectivity index (χ1v) is 8.58. The molecule has 1 aliphatic rings. The zero-order valence-electron chi connectivity index (χ0n) is 15.0. The van der Waals surface area contributed by atoms with E-state index in [4.69, 9.17) is 0 Å². The summed E-state index contributed by atoms with van der Waals surface area (Å²) in [5.41, 5.74) is 4.61. The summed E-state index contributed by atoms with van der Waals surface area (Å²) >= 11 is 0. The fourth-order valence-corrected chi connectivity index (χ4v) is 3.32. The molecule has 1 aliphatic heterocycles. The number of benzene rings is 1. The highest BCUT2D eigenvalue weighted by molar-refractivity contribution is 6.28. The van der Waals surface area contributed by atoms with Crippen LogP contribution in [0.3, 0.4) is 0 Å². The van der Waals surface area contributed by atoms with E-state index in [0.29, 0.717) is 5.69 Å². The van der Waals surface area contributed by atoms with Gasteiger partial charge in [-0.25, -0.2) is 9.69 Å². The van der Waals surface area contributed by atoms with Crippen LogP contribution >= 0.6 is 0 Å². The van der Waals surface area contributed by atoms with E-state index in [1.54, 1.807) is 42.7 Å². The Balaban J connectivity index is 1.71. The third-order valence-electron chi connectivity index (χ3n) is 4.57. The van der Waals surface area contributed by atoms with Crippen LogP contribution in [0.15, 0.2) is 66.6 Å². The van der Waals surface area contributed by atoms with Gasteiger partial charge in [0.05, 0.1) is 17.6 Å². The van der Waals surface area contributed by atoms with E-state index in [-0.39, 0.29) is 11.6 Å². The van der Waals surface area contributed by atoms with Crippen molar-refractivity contribution >= 4 is 23.7 Å². The average molecular weight is 358 g/mol. The van der Waals surface area contributed by atoms with Gasteiger partial charge in [0.15, 0.2) is 0 Å². The van der Waals surface area contributed by atoms with Gasteiger partial charge in [-0.2, -0.15) is 0 Å². The summed E-state index contributed by atoms with van der Waals surface area (Å²) in [4.78, 5) is 30.4. The van der Waals surface area contributed by atoms with Crippen molar-refractivity contribution < 1.29 is 9.59 Å². The number of imide groups is 1. The number of urea groups is 1. The first kappa shape index (κ1) is 16.8. The molecule has 27 heavy (non-hydrogen) atoms. The fourth-order valence-electron chi connectivity index (χ4n) is 3.32. The molecule has 6 nitrogen and oxygen atoms in total. The van der Waals surface area contributed by atoms with E-state index in [1.807, 2.05) is 38.1 Å². The van der Waals surface area contributed by atoms with Crippen molar-refractivity contribution in [1.29, 1.82) is 0 Å². The van der Waals surface area contributed by atoms with Crippen molar-refractivity contribution in [1.82, 2.24) is 14.9 Å². The molecule has 0 bridgehead atoms. The Bertz CT molecular complexity index is 1050. The van der Waals surface area contributed by atoms with Crippen LogP contribution in [-0.2, 0) is 4.79 Å². The van der Waals surface area contributed by atoms with Gasteiger partial charge in [0.1, 0.15) is 5.70 Å². The van der Waals surface area contributed by atoms with E-state index in [0.717, 1.165) is 27.5 Å². The fraction of sp³-hybridized carbons (Fsp3) is 0.0952. The maximum atomic E-state index is 12.8. The molecular formula is C21H18N4O2. The molecule has 4 rings (SSSR count). The number of aromatic nitrogens is 2. The number of carbonyl (C=O) groups is 2. The predicted molar refractivity (Wildman–Crippen MR) is 103 cm³/mol. The van der Waals surface area contributed by atoms with Crippen molar-refractivity contribution in [2.75, 3.05) is 4.90 Å². The number of para-hydroxylation sites is 1. The highest BCUT2D eigenvalue weighted by Crippen LogP contribution is 2.25. The minimum atomic E-state index is -0.446. The van der Waals surface area contributed by atoms with Gasteiger partial charge in [0.2, 0.25) is 0 Å². The lowest BCUT2D eigenvalue weighted by Gasteiger charge is -2.10. The number of amides is 3. The number of aryl methyl sites for hydroxylation is 1. The highest BCUT2D eigenvalue weighted by atomic mass is 16.2. The minimum absolute atomic E-state index is 0.260. The van der Waals surface area contributed by atoms with Crippen molar-refractivity contribution in [3.05, 3.63) is 83.6 Å². The van der Waals surface area contributed by atoms with Crippen LogP contribution in [0.4, 0.5) is 10.5 Å². The van der Waals surface area contributed by atoms with Crippen LogP contribution in [-0.4, -0.2) is 21.5 Å². The molecule has 3 amide bonds. The van der Waals surface area contributed by atoms with Crippen LogP contribution in [0.2, 0.25) is 0 Å². The molecule has 3 heterocycles. The summed E-state index contributed by atoms with van der Waals surface area (Å²) < 4.78 is 2.07. The Morgan fingerprint density at radius 1 is 1.00 bits per heavy atom. The SMILES string of the molecule is Cc1cc(/C=C2\NC(=O)N(c3ccccc3)C2=O)c(C)n1-c1cccnc1. The average Bonchev–Trinajstić information content (AvgIpc) is 3.11. The number of pyridine rings is 1. The molecule has 1 saturated heterocycles. The predicted octanol–water partition coefficient (Wildman–Crippen LogP) is 3.59. The summed E-state index contributed by atoms with van der Waals surface area (Å²) in [7, 11) is 0. The van der Waals surface area contributed by atoms with E-state index in [2.05, 4.69) is 14.9 Å². The number of hydrogen-bond donors (Lipinski definition) is 1. The van der Waals surface area contributed by atoms with Crippen molar-refractivity contribution in [2.45, 2.75) is 13.8 Å². The monoisotopic (exact) mass is 358 g/mol. The zero-order chi connectivity index (χ0) is 19.0. The number of nitrogens with zero attached hydrogens (tertiary/aromatic N) is 3. The normalized spacial score (nSPS) is 15.5.